The zero-order chi connectivity index (χ0) is 24.4. The Morgan fingerprint density at radius 1 is 1.32 bits per heavy atom. The summed E-state index contributed by atoms with van der Waals surface area (Å²) in [6.07, 6.45) is 0. The van der Waals surface area contributed by atoms with Crippen LogP contribution < -0.4 is 10.6 Å². The molecule has 2 aromatic rings. The molecular formula is C19H18N6O6S3. The lowest BCUT2D eigenvalue weighted by atomic mass is 10.0. The molecule has 3 heterocycles. The van der Waals surface area contributed by atoms with Crippen LogP contribution in [0.15, 0.2) is 39.9 Å². The molecule has 3 amide bonds. The number of fused-ring (bicyclic) bond motifs is 1. The molecule has 3 N–H and O–H groups in total. The van der Waals surface area contributed by atoms with Crippen molar-refractivity contribution in [2.24, 2.45) is 0 Å². The lowest BCUT2D eigenvalue weighted by Crippen LogP contribution is -2.71. The number of aromatic nitrogens is 2. The molecule has 0 spiro atoms. The third kappa shape index (κ3) is 5.00. The maximum Gasteiger partial charge on any atom is 0.352 e. The van der Waals surface area contributed by atoms with Gasteiger partial charge >= 0.3 is 12.0 Å². The first-order chi connectivity index (χ1) is 16.2. The highest BCUT2D eigenvalue weighted by Crippen LogP contribution is 2.41. The van der Waals surface area contributed by atoms with Crippen molar-refractivity contribution in [1.29, 1.82) is 0 Å². The summed E-state index contributed by atoms with van der Waals surface area (Å²) in [6, 6.07) is 4.28. The number of nitrogens with one attached hydrogen (secondary N) is 2. The fourth-order valence-electron chi connectivity index (χ4n) is 3.39. The van der Waals surface area contributed by atoms with E-state index in [1.165, 1.54) is 64.0 Å². The van der Waals surface area contributed by atoms with Gasteiger partial charge in [0.15, 0.2) is 4.34 Å². The zero-order valence-corrected chi connectivity index (χ0v) is 20.0. The van der Waals surface area contributed by atoms with E-state index < -0.39 is 34.2 Å². The number of carboxylic acids is 1. The van der Waals surface area contributed by atoms with Gasteiger partial charge in [-0.05, 0) is 18.1 Å². The van der Waals surface area contributed by atoms with E-state index in [-0.39, 0.29) is 17.9 Å². The number of β-lactam (4-membered cyclic amide) rings is 1. The molecule has 34 heavy (non-hydrogen) atoms. The van der Waals surface area contributed by atoms with Crippen LogP contribution in [-0.2, 0) is 16.1 Å². The summed E-state index contributed by atoms with van der Waals surface area (Å²) in [5.41, 5.74) is 1.16. The monoisotopic (exact) mass is 522 g/mol. The van der Waals surface area contributed by atoms with Crippen LogP contribution in [0.4, 0.5) is 10.5 Å². The molecule has 2 aliphatic heterocycles. The highest BCUT2D eigenvalue weighted by atomic mass is 32.2. The maximum absolute atomic E-state index is 12.7. The predicted molar refractivity (Wildman–Crippen MR) is 125 cm³/mol. The number of hydrogen-bond donors (Lipinski definition) is 3. The van der Waals surface area contributed by atoms with Gasteiger partial charge in [-0.15, -0.1) is 22.0 Å². The third-order valence-corrected chi connectivity index (χ3v) is 8.41. The van der Waals surface area contributed by atoms with Gasteiger partial charge in [0, 0.05) is 30.2 Å². The smallest absolute Gasteiger partial charge is 0.352 e. The Balaban J connectivity index is 1.35. The number of nitro benzene ring substituents is 1. The molecule has 0 aliphatic carbocycles. The van der Waals surface area contributed by atoms with E-state index in [1.807, 2.05) is 6.92 Å². The van der Waals surface area contributed by atoms with Gasteiger partial charge in [0.25, 0.3) is 11.6 Å². The molecule has 178 valence electrons. The Hall–Kier alpha value is -3.17. The number of amides is 3. The number of nitrogens with zero attached hydrogens (tertiary/aromatic N) is 4. The number of aliphatic carboxylic acids is 1. The normalized spacial score (nSPS) is 19.3. The Bertz CT molecular complexity index is 1180. The second kappa shape index (κ2) is 9.99. The van der Waals surface area contributed by atoms with Crippen molar-refractivity contribution in [2.75, 3.05) is 11.5 Å². The van der Waals surface area contributed by atoms with Crippen molar-refractivity contribution in [2.45, 2.75) is 29.2 Å². The Morgan fingerprint density at radius 2 is 2.06 bits per heavy atom. The molecule has 0 radical (unpaired) electrons. The van der Waals surface area contributed by atoms with Gasteiger partial charge in [0.2, 0.25) is 0 Å². The number of thioether (sulfide) groups is 2. The standard InChI is InChI=1S/C19H18N6O6S3/c1-9-22-23-19(34-9)33-8-11-7-32-16-13(15(26)24(16)14(11)17(27)28)21-18(29)20-6-10-2-4-12(5-3-10)25(30)31/h2-5,13,16H,6-8H2,1H3,(H,27,28)(H2,20,21,29)/t13?,16-/m0/s1. The van der Waals surface area contributed by atoms with E-state index in [1.54, 1.807) is 0 Å². The first-order valence-electron chi connectivity index (χ1n) is 9.85. The van der Waals surface area contributed by atoms with Crippen molar-refractivity contribution in [3.63, 3.8) is 0 Å². The molecule has 1 fully saturated rings. The van der Waals surface area contributed by atoms with E-state index in [0.717, 1.165) is 9.35 Å². The Kier molecular flexibility index (Phi) is 7.04. The first kappa shape index (κ1) is 24.0. The molecule has 1 unspecified atom stereocenters. The summed E-state index contributed by atoms with van der Waals surface area (Å²) < 4.78 is 0.723. The number of hydrogen-bond acceptors (Lipinski definition) is 10. The third-order valence-electron chi connectivity index (χ3n) is 5.01. The van der Waals surface area contributed by atoms with Crippen LogP contribution in [0.1, 0.15) is 10.6 Å². The minimum Gasteiger partial charge on any atom is -0.477 e. The quantitative estimate of drug-likeness (QED) is 0.202. The summed E-state index contributed by atoms with van der Waals surface area (Å²) >= 11 is 4.17. The summed E-state index contributed by atoms with van der Waals surface area (Å²) in [7, 11) is 0. The number of non-ortho nitro benzene ring substituents is 1. The van der Waals surface area contributed by atoms with Gasteiger partial charge in [-0.1, -0.05) is 35.2 Å². The molecule has 4 rings (SSSR count). The van der Waals surface area contributed by atoms with Crippen molar-refractivity contribution in [3.8, 4) is 0 Å². The van der Waals surface area contributed by atoms with E-state index >= 15 is 0 Å². The lowest BCUT2D eigenvalue weighted by molar-refractivity contribution is -0.384. The van der Waals surface area contributed by atoms with Gasteiger partial charge in [0.05, 0.1) is 4.92 Å². The fraction of sp³-hybridized carbons (Fsp3) is 0.316. The summed E-state index contributed by atoms with van der Waals surface area (Å²) in [5.74, 6) is -0.907. The van der Waals surface area contributed by atoms with Crippen LogP contribution in [0, 0.1) is 17.0 Å². The Morgan fingerprint density at radius 3 is 2.68 bits per heavy atom. The first-order valence-corrected chi connectivity index (χ1v) is 12.7. The number of carboxylic acid groups (broad SMARTS) is 1. The zero-order valence-electron chi connectivity index (χ0n) is 17.6. The molecule has 2 atom stereocenters. The minimum absolute atomic E-state index is 0.0492. The number of rotatable bonds is 8. The number of nitro groups is 1. The molecule has 2 aliphatic rings. The van der Waals surface area contributed by atoms with Crippen LogP contribution in [0.3, 0.4) is 0 Å². The Labute approximate surface area is 205 Å². The average molecular weight is 523 g/mol. The molecule has 1 aromatic carbocycles. The number of aryl methyl sites for hydroxylation is 1. The SMILES string of the molecule is Cc1nnc(SCC2=C(C(=O)O)N3C(=O)C(NC(=O)NCc4ccc([N+](=O)[O-])cc4)[C@@H]3SC2)s1. The molecular weight excluding hydrogens is 504 g/mol. The number of benzene rings is 1. The van der Waals surface area contributed by atoms with Crippen molar-refractivity contribution in [1.82, 2.24) is 25.7 Å². The van der Waals surface area contributed by atoms with Gasteiger partial charge in [0.1, 0.15) is 22.1 Å². The van der Waals surface area contributed by atoms with Crippen LogP contribution in [0.2, 0.25) is 0 Å². The van der Waals surface area contributed by atoms with E-state index in [9.17, 15) is 29.6 Å². The number of carbonyl (C=O) groups excluding carboxylic acids is 2. The van der Waals surface area contributed by atoms with Gasteiger partial charge in [-0.2, -0.15) is 0 Å². The predicted octanol–water partition coefficient (Wildman–Crippen LogP) is 1.97. The summed E-state index contributed by atoms with van der Waals surface area (Å²) in [5, 5.41) is 33.9. The van der Waals surface area contributed by atoms with Crippen molar-refractivity contribution >= 4 is 58.5 Å². The van der Waals surface area contributed by atoms with Crippen molar-refractivity contribution in [3.05, 3.63) is 56.2 Å². The minimum atomic E-state index is -1.19. The second-order valence-electron chi connectivity index (χ2n) is 7.27. The van der Waals surface area contributed by atoms with Crippen LogP contribution in [-0.4, -0.2) is 66.0 Å². The summed E-state index contributed by atoms with van der Waals surface area (Å²) in [6.45, 7) is 1.94. The van der Waals surface area contributed by atoms with Gasteiger partial charge in [-0.25, -0.2) is 9.59 Å². The molecule has 0 saturated carbocycles. The fourth-order valence-corrected chi connectivity index (χ4v) is 6.69. The van der Waals surface area contributed by atoms with Gasteiger partial charge < -0.3 is 15.7 Å². The summed E-state index contributed by atoms with van der Waals surface area (Å²) in [4.78, 5) is 48.4. The molecule has 1 saturated heterocycles. The van der Waals surface area contributed by atoms with Crippen molar-refractivity contribution < 1.29 is 24.4 Å². The second-order valence-corrected chi connectivity index (χ2v) is 10.8. The molecule has 12 nitrogen and oxygen atoms in total. The number of urea groups is 1. The molecule has 0 bridgehead atoms. The highest BCUT2D eigenvalue weighted by molar-refractivity contribution is 8.01. The van der Waals surface area contributed by atoms with Crippen LogP contribution in [0.25, 0.3) is 0 Å². The van der Waals surface area contributed by atoms with E-state index in [0.29, 0.717) is 22.6 Å². The molecule has 15 heteroatoms. The maximum atomic E-state index is 12.7. The topological polar surface area (TPSA) is 168 Å². The van der Waals surface area contributed by atoms with Crippen LogP contribution >= 0.6 is 34.9 Å². The molecule has 1 aromatic heterocycles. The van der Waals surface area contributed by atoms with Gasteiger partial charge in [-0.3, -0.25) is 19.8 Å². The number of carbonyl (C=O) groups is 3. The lowest BCUT2D eigenvalue weighted by Gasteiger charge is -2.49. The van der Waals surface area contributed by atoms with Crippen LogP contribution in [0.5, 0.6) is 0 Å². The van der Waals surface area contributed by atoms with E-state index in [2.05, 4.69) is 20.8 Å². The largest absolute Gasteiger partial charge is 0.477 e. The average Bonchev–Trinajstić information content (AvgIpc) is 3.24. The van der Waals surface area contributed by atoms with E-state index in [4.69, 9.17) is 0 Å². The highest BCUT2D eigenvalue weighted by Gasteiger charge is 2.54.